The van der Waals surface area contributed by atoms with E-state index < -0.39 is 6.04 Å². The molecule has 184 valence electrons. The Kier molecular flexibility index (Phi) is 8.52. The molecule has 8 nitrogen and oxygen atoms in total. The predicted molar refractivity (Wildman–Crippen MR) is 144 cm³/mol. The Morgan fingerprint density at radius 1 is 1.17 bits per heavy atom. The first-order valence-corrected chi connectivity index (χ1v) is 13.2. The molecule has 0 aliphatic carbocycles. The van der Waals surface area contributed by atoms with Crippen molar-refractivity contribution in [3.8, 4) is 11.3 Å². The molecule has 2 aromatic carbocycles. The smallest absolute Gasteiger partial charge is 0.251 e. The molecule has 0 saturated carbocycles. The van der Waals surface area contributed by atoms with E-state index in [1.807, 2.05) is 47.2 Å². The van der Waals surface area contributed by atoms with Gasteiger partial charge in [0.25, 0.3) is 5.91 Å². The number of amides is 2. The van der Waals surface area contributed by atoms with Crippen molar-refractivity contribution in [1.82, 2.24) is 25.1 Å². The minimum Gasteiger partial charge on any atom is -0.342 e. The molecule has 0 aliphatic heterocycles. The lowest BCUT2D eigenvalue weighted by Gasteiger charge is -2.15. The summed E-state index contributed by atoms with van der Waals surface area (Å²) >= 11 is 8.54. The molecule has 0 fully saturated rings. The number of nitrogens with zero attached hydrogens (tertiary/aromatic N) is 4. The van der Waals surface area contributed by atoms with Crippen molar-refractivity contribution in [2.45, 2.75) is 24.7 Å². The molecular weight excluding hydrogens is 516 g/mol. The number of carbonyl (C=O) groups excluding carboxylic acids is 2. The molecule has 4 rings (SSSR count). The van der Waals surface area contributed by atoms with Crippen LogP contribution >= 0.6 is 34.7 Å². The molecule has 0 aliphatic rings. The van der Waals surface area contributed by atoms with Crippen molar-refractivity contribution in [2.24, 2.45) is 0 Å². The molecule has 2 N–H and O–H groups in total. The average molecular weight is 539 g/mol. The largest absolute Gasteiger partial charge is 0.342 e. The van der Waals surface area contributed by atoms with E-state index in [0.29, 0.717) is 33.2 Å². The summed E-state index contributed by atoms with van der Waals surface area (Å²) in [7, 11) is 0. The number of carbonyl (C=O) groups is 2. The van der Waals surface area contributed by atoms with Gasteiger partial charge in [-0.05, 0) is 31.2 Å². The van der Waals surface area contributed by atoms with Crippen molar-refractivity contribution >= 4 is 51.6 Å². The first kappa shape index (κ1) is 25.6. The Bertz CT molecular complexity index is 1350. The Hall–Kier alpha value is -3.47. The lowest BCUT2D eigenvalue weighted by atomic mass is 10.2. The zero-order valence-electron chi connectivity index (χ0n) is 19.3. The van der Waals surface area contributed by atoms with Crippen LogP contribution in [-0.4, -0.2) is 37.3 Å². The Morgan fingerprint density at radius 3 is 2.64 bits per heavy atom. The van der Waals surface area contributed by atoms with Crippen LogP contribution in [0.25, 0.3) is 11.3 Å². The third kappa shape index (κ3) is 6.39. The first-order chi connectivity index (χ1) is 17.4. The lowest BCUT2D eigenvalue weighted by molar-refractivity contribution is -0.113. The number of thioether (sulfide) groups is 1. The van der Waals surface area contributed by atoms with E-state index >= 15 is 0 Å². The minimum atomic E-state index is -0.394. The summed E-state index contributed by atoms with van der Waals surface area (Å²) < 4.78 is 1.84. The average Bonchev–Trinajstić information content (AvgIpc) is 3.51. The SMILES string of the molecule is C=CCn1c(SCC(=O)Nc2nc(-c3ccc(Cl)cc3)cs2)nnc1[C@@H](C)NC(=O)c1ccccc1. The fourth-order valence-electron chi connectivity index (χ4n) is 3.33. The van der Waals surface area contributed by atoms with Crippen LogP contribution in [0.5, 0.6) is 0 Å². The fourth-order valence-corrected chi connectivity index (χ4v) is 4.95. The minimum absolute atomic E-state index is 0.121. The number of nitrogens with one attached hydrogen (secondary N) is 2. The highest BCUT2D eigenvalue weighted by atomic mass is 35.5. The number of hydrogen-bond donors (Lipinski definition) is 2. The Morgan fingerprint density at radius 2 is 1.92 bits per heavy atom. The van der Waals surface area contributed by atoms with E-state index in [9.17, 15) is 9.59 Å². The van der Waals surface area contributed by atoms with Crippen molar-refractivity contribution in [3.63, 3.8) is 0 Å². The van der Waals surface area contributed by atoms with Gasteiger partial charge in [0, 0.05) is 28.1 Å². The third-order valence-electron chi connectivity index (χ3n) is 5.05. The molecule has 0 spiro atoms. The zero-order chi connectivity index (χ0) is 25.5. The molecule has 36 heavy (non-hydrogen) atoms. The predicted octanol–water partition coefficient (Wildman–Crippen LogP) is 5.46. The van der Waals surface area contributed by atoms with Gasteiger partial charge in [-0.1, -0.05) is 59.8 Å². The monoisotopic (exact) mass is 538 g/mol. The molecule has 0 saturated heterocycles. The quantitative estimate of drug-likeness (QED) is 0.205. The molecule has 11 heteroatoms. The lowest BCUT2D eigenvalue weighted by Crippen LogP contribution is -2.28. The number of thiazole rings is 1. The van der Waals surface area contributed by atoms with E-state index in [4.69, 9.17) is 11.6 Å². The number of halogens is 1. The highest BCUT2D eigenvalue weighted by Crippen LogP contribution is 2.27. The first-order valence-electron chi connectivity index (χ1n) is 11.0. The van der Waals surface area contributed by atoms with Gasteiger partial charge in [0.15, 0.2) is 16.1 Å². The van der Waals surface area contributed by atoms with Crippen LogP contribution in [0.4, 0.5) is 5.13 Å². The van der Waals surface area contributed by atoms with E-state index in [1.54, 1.807) is 30.3 Å². The normalized spacial score (nSPS) is 11.6. The number of rotatable bonds is 10. The third-order valence-corrected chi connectivity index (χ3v) is 7.03. The molecule has 1 atom stereocenters. The van der Waals surface area contributed by atoms with E-state index in [-0.39, 0.29) is 17.6 Å². The maximum absolute atomic E-state index is 12.6. The van der Waals surface area contributed by atoms with Crippen molar-refractivity contribution < 1.29 is 9.59 Å². The highest BCUT2D eigenvalue weighted by molar-refractivity contribution is 7.99. The van der Waals surface area contributed by atoms with Gasteiger partial charge in [-0.15, -0.1) is 28.1 Å². The number of aromatic nitrogens is 4. The molecule has 2 aromatic heterocycles. The summed E-state index contributed by atoms with van der Waals surface area (Å²) in [5.41, 5.74) is 2.25. The number of anilines is 1. The molecule has 0 radical (unpaired) electrons. The zero-order valence-corrected chi connectivity index (χ0v) is 21.7. The summed E-state index contributed by atoms with van der Waals surface area (Å²) in [4.78, 5) is 29.6. The van der Waals surface area contributed by atoms with Crippen LogP contribution in [0.2, 0.25) is 5.02 Å². The van der Waals surface area contributed by atoms with Crippen LogP contribution in [0.3, 0.4) is 0 Å². The van der Waals surface area contributed by atoms with Gasteiger partial charge in [-0.3, -0.25) is 9.59 Å². The maximum atomic E-state index is 12.6. The standard InChI is InChI=1S/C25H23ClN6O2S2/c1-3-13-32-22(16(2)27-23(34)18-7-5-4-6-8-18)30-31-25(32)36-15-21(33)29-24-28-20(14-35-24)17-9-11-19(26)12-10-17/h3-12,14,16H,1,13,15H2,2H3,(H,27,34)(H,28,29,33)/t16-/m1/s1. The molecule has 2 heterocycles. The van der Waals surface area contributed by atoms with E-state index in [2.05, 4.69) is 32.4 Å². The summed E-state index contributed by atoms with van der Waals surface area (Å²) in [6, 6.07) is 15.9. The van der Waals surface area contributed by atoms with Crippen molar-refractivity contribution in [1.29, 1.82) is 0 Å². The molecule has 2 amide bonds. The van der Waals surface area contributed by atoms with Crippen LogP contribution < -0.4 is 10.6 Å². The fraction of sp³-hybridized carbons (Fsp3) is 0.160. The molecule has 0 unspecified atom stereocenters. The van der Waals surface area contributed by atoms with Crippen molar-refractivity contribution in [3.05, 3.63) is 89.0 Å². The summed E-state index contributed by atoms with van der Waals surface area (Å²) in [5, 5.41) is 17.9. The van der Waals surface area contributed by atoms with Crippen LogP contribution in [0.15, 0.2) is 77.8 Å². The summed E-state index contributed by atoms with van der Waals surface area (Å²) in [6.45, 7) is 6.08. The topological polar surface area (TPSA) is 102 Å². The van der Waals surface area contributed by atoms with Crippen LogP contribution in [-0.2, 0) is 11.3 Å². The summed E-state index contributed by atoms with van der Waals surface area (Å²) in [5.74, 6) is 0.286. The van der Waals surface area contributed by atoms with Crippen LogP contribution in [0, 0.1) is 0 Å². The molecular formula is C25H23ClN6O2S2. The van der Waals surface area contributed by atoms with Crippen molar-refractivity contribution in [2.75, 3.05) is 11.1 Å². The number of benzene rings is 2. The van der Waals surface area contributed by atoms with E-state index in [0.717, 1.165) is 11.3 Å². The van der Waals surface area contributed by atoms with E-state index in [1.165, 1.54) is 23.1 Å². The van der Waals surface area contributed by atoms with Gasteiger partial charge in [0.05, 0.1) is 17.5 Å². The number of allylic oxidation sites excluding steroid dienone is 1. The number of hydrogen-bond acceptors (Lipinski definition) is 7. The van der Waals surface area contributed by atoms with Gasteiger partial charge >= 0.3 is 0 Å². The van der Waals surface area contributed by atoms with Gasteiger partial charge in [0.1, 0.15) is 0 Å². The van der Waals surface area contributed by atoms with Gasteiger partial charge in [-0.2, -0.15) is 0 Å². The highest BCUT2D eigenvalue weighted by Gasteiger charge is 2.20. The maximum Gasteiger partial charge on any atom is 0.251 e. The Balaban J connectivity index is 1.37. The second-order valence-electron chi connectivity index (χ2n) is 7.68. The van der Waals surface area contributed by atoms with Crippen LogP contribution in [0.1, 0.15) is 29.1 Å². The second kappa shape index (κ2) is 12.0. The Labute approximate surface area is 221 Å². The second-order valence-corrected chi connectivity index (χ2v) is 9.92. The van der Waals surface area contributed by atoms with Gasteiger partial charge < -0.3 is 15.2 Å². The van der Waals surface area contributed by atoms with Gasteiger partial charge in [0.2, 0.25) is 5.91 Å². The molecule has 0 bridgehead atoms. The molecule has 4 aromatic rings. The van der Waals surface area contributed by atoms with Gasteiger partial charge in [-0.25, -0.2) is 4.98 Å². The summed E-state index contributed by atoms with van der Waals surface area (Å²) in [6.07, 6.45) is 1.72.